The summed E-state index contributed by atoms with van der Waals surface area (Å²) in [6.45, 7) is 4.03. The lowest BCUT2D eigenvalue weighted by Crippen LogP contribution is -2.37. The Balaban J connectivity index is 1.84. The fourth-order valence-corrected chi connectivity index (χ4v) is 2.00. The molecule has 1 aromatic rings. The summed E-state index contributed by atoms with van der Waals surface area (Å²) in [5.74, 6) is 0. The minimum Gasteiger partial charge on any atom is -0.329 e. The van der Waals surface area contributed by atoms with Gasteiger partial charge < -0.3 is 10.6 Å². The highest BCUT2D eigenvalue weighted by Crippen LogP contribution is 2.20. The second kappa shape index (κ2) is 4.52. The first-order valence-corrected chi connectivity index (χ1v) is 5.16. The van der Waals surface area contributed by atoms with E-state index in [2.05, 4.69) is 15.0 Å². The molecule has 14 heavy (non-hydrogen) atoms. The number of nitrogens with zero attached hydrogens (tertiary/aromatic N) is 4. The van der Waals surface area contributed by atoms with E-state index in [1.165, 1.54) is 0 Å². The van der Waals surface area contributed by atoms with Gasteiger partial charge in [0.15, 0.2) is 0 Å². The molecule has 1 aliphatic rings. The predicted molar refractivity (Wildman–Crippen MR) is 53.8 cm³/mol. The lowest BCUT2D eigenvalue weighted by molar-refractivity contribution is 0.184. The van der Waals surface area contributed by atoms with Crippen LogP contribution in [0.1, 0.15) is 18.9 Å². The summed E-state index contributed by atoms with van der Waals surface area (Å²) >= 11 is 0. The maximum Gasteiger partial charge on any atom is 0.137 e. The standard InChI is InChI=1S/C9H17N5/c10-3-6-13-4-1-9(2-5-13)14-8-11-7-12-14/h7-9H,1-6,10H2. The Morgan fingerprint density at radius 3 is 2.71 bits per heavy atom. The third-order valence-corrected chi connectivity index (χ3v) is 2.81. The summed E-state index contributed by atoms with van der Waals surface area (Å²) < 4.78 is 1.97. The molecule has 0 aliphatic carbocycles. The van der Waals surface area contributed by atoms with E-state index in [9.17, 15) is 0 Å². The Bertz CT molecular complexity index is 250. The molecule has 1 aromatic heterocycles. The highest BCUT2D eigenvalue weighted by Gasteiger charge is 2.19. The van der Waals surface area contributed by atoms with Crippen LogP contribution in [0.5, 0.6) is 0 Å². The molecule has 0 amide bonds. The molecule has 5 heteroatoms. The molecule has 0 unspecified atom stereocenters. The Morgan fingerprint density at radius 1 is 1.36 bits per heavy atom. The second-order valence-electron chi connectivity index (χ2n) is 3.74. The summed E-state index contributed by atoms with van der Waals surface area (Å²) in [7, 11) is 0. The average molecular weight is 195 g/mol. The number of piperidine rings is 1. The van der Waals surface area contributed by atoms with Gasteiger partial charge in [0.25, 0.3) is 0 Å². The van der Waals surface area contributed by atoms with Gasteiger partial charge in [-0.1, -0.05) is 0 Å². The molecule has 0 spiro atoms. The normalized spacial score (nSPS) is 20.1. The zero-order valence-electron chi connectivity index (χ0n) is 8.34. The Labute approximate surface area is 83.9 Å². The van der Waals surface area contributed by atoms with E-state index in [1.807, 2.05) is 11.0 Å². The van der Waals surface area contributed by atoms with Gasteiger partial charge in [0.1, 0.15) is 12.7 Å². The summed E-state index contributed by atoms with van der Waals surface area (Å²) in [5.41, 5.74) is 5.52. The lowest BCUT2D eigenvalue weighted by atomic mass is 10.1. The summed E-state index contributed by atoms with van der Waals surface area (Å²) in [5, 5.41) is 4.17. The smallest absolute Gasteiger partial charge is 0.137 e. The van der Waals surface area contributed by atoms with Crippen molar-refractivity contribution in [3.8, 4) is 0 Å². The molecule has 0 radical (unpaired) electrons. The van der Waals surface area contributed by atoms with Crippen molar-refractivity contribution < 1.29 is 0 Å². The highest BCUT2D eigenvalue weighted by molar-refractivity contribution is 4.77. The SMILES string of the molecule is NCCN1CCC(n2cncn2)CC1. The van der Waals surface area contributed by atoms with Crippen molar-refractivity contribution in [3.05, 3.63) is 12.7 Å². The van der Waals surface area contributed by atoms with E-state index < -0.39 is 0 Å². The molecule has 1 aliphatic heterocycles. The van der Waals surface area contributed by atoms with Crippen molar-refractivity contribution in [1.29, 1.82) is 0 Å². The van der Waals surface area contributed by atoms with Crippen molar-refractivity contribution in [2.75, 3.05) is 26.2 Å². The summed E-state index contributed by atoms with van der Waals surface area (Å²) in [4.78, 5) is 6.38. The third kappa shape index (κ3) is 2.10. The van der Waals surface area contributed by atoms with Crippen LogP contribution in [0.3, 0.4) is 0 Å². The minimum atomic E-state index is 0.534. The van der Waals surface area contributed by atoms with Gasteiger partial charge in [0, 0.05) is 26.2 Å². The molecular formula is C9H17N5. The number of hydrogen-bond donors (Lipinski definition) is 1. The molecule has 0 atom stereocenters. The summed E-state index contributed by atoms with van der Waals surface area (Å²) in [6.07, 6.45) is 5.72. The van der Waals surface area contributed by atoms with Crippen LogP contribution in [0.15, 0.2) is 12.7 Å². The molecule has 1 fully saturated rings. The van der Waals surface area contributed by atoms with Crippen molar-refractivity contribution in [2.45, 2.75) is 18.9 Å². The Morgan fingerprint density at radius 2 is 2.14 bits per heavy atom. The van der Waals surface area contributed by atoms with Crippen LogP contribution in [0.4, 0.5) is 0 Å². The van der Waals surface area contributed by atoms with E-state index in [4.69, 9.17) is 5.73 Å². The molecule has 5 nitrogen and oxygen atoms in total. The van der Waals surface area contributed by atoms with Crippen LogP contribution in [-0.2, 0) is 0 Å². The molecule has 0 bridgehead atoms. The van der Waals surface area contributed by atoms with E-state index in [0.29, 0.717) is 6.04 Å². The molecule has 2 rings (SSSR count). The highest BCUT2D eigenvalue weighted by atomic mass is 15.3. The summed E-state index contributed by atoms with van der Waals surface area (Å²) in [6, 6.07) is 0.534. The van der Waals surface area contributed by atoms with Crippen molar-refractivity contribution in [3.63, 3.8) is 0 Å². The minimum absolute atomic E-state index is 0.534. The maximum atomic E-state index is 5.52. The first kappa shape index (κ1) is 9.61. The van der Waals surface area contributed by atoms with E-state index in [-0.39, 0.29) is 0 Å². The van der Waals surface area contributed by atoms with Crippen LogP contribution in [0.25, 0.3) is 0 Å². The van der Waals surface area contributed by atoms with Gasteiger partial charge in [-0.25, -0.2) is 9.67 Å². The van der Waals surface area contributed by atoms with Crippen molar-refractivity contribution in [2.24, 2.45) is 5.73 Å². The van der Waals surface area contributed by atoms with E-state index >= 15 is 0 Å². The zero-order valence-corrected chi connectivity index (χ0v) is 8.34. The quantitative estimate of drug-likeness (QED) is 0.730. The Kier molecular flexibility index (Phi) is 3.10. The average Bonchev–Trinajstić information content (AvgIpc) is 2.72. The molecule has 2 heterocycles. The van der Waals surface area contributed by atoms with E-state index in [1.54, 1.807) is 6.33 Å². The van der Waals surface area contributed by atoms with Crippen LogP contribution >= 0.6 is 0 Å². The number of nitrogens with two attached hydrogens (primary N) is 1. The van der Waals surface area contributed by atoms with Crippen LogP contribution in [0, 0.1) is 0 Å². The van der Waals surface area contributed by atoms with Gasteiger partial charge >= 0.3 is 0 Å². The fourth-order valence-electron chi connectivity index (χ4n) is 2.00. The molecule has 78 valence electrons. The molecule has 1 saturated heterocycles. The van der Waals surface area contributed by atoms with Gasteiger partial charge in [0.05, 0.1) is 6.04 Å². The lowest BCUT2D eigenvalue weighted by Gasteiger charge is -2.31. The number of likely N-dealkylation sites (tertiary alicyclic amines) is 1. The Hall–Kier alpha value is -0.940. The molecule has 0 saturated carbocycles. The van der Waals surface area contributed by atoms with Gasteiger partial charge in [-0.15, -0.1) is 0 Å². The first-order valence-electron chi connectivity index (χ1n) is 5.16. The number of hydrogen-bond acceptors (Lipinski definition) is 4. The molecular weight excluding hydrogens is 178 g/mol. The van der Waals surface area contributed by atoms with Crippen LogP contribution < -0.4 is 5.73 Å². The monoisotopic (exact) mass is 195 g/mol. The van der Waals surface area contributed by atoms with Crippen molar-refractivity contribution >= 4 is 0 Å². The first-order chi connectivity index (χ1) is 6.90. The van der Waals surface area contributed by atoms with E-state index in [0.717, 1.165) is 39.0 Å². The number of rotatable bonds is 3. The second-order valence-corrected chi connectivity index (χ2v) is 3.74. The van der Waals surface area contributed by atoms with Gasteiger partial charge in [-0.2, -0.15) is 5.10 Å². The predicted octanol–water partition coefficient (Wildman–Crippen LogP) is -0.126. The van der Waals surface area contributed by atoms with Gasteiger partial charge in [-0.05, 0) is 12.8 Å². The van der Waals surface area contributed by atoms with Gasteiger partial charge in [0.2, 0.25) is 0 Å². The van der Waals surface area contributed by atoms with Crippen LogP contribution in [0.2, 0.25) is 0 Å². The van der Waals surface area contributed by atoms with Gasteiger partial charge in [-0.3, -0.25) is 0 Å². The fraction of sp³-hybridized carbons (Fsp3) is 0.778. The molecule has 2 N–H and O–H groups in total. The topological polar surface area (TPSA) is 60.0 Å². The number of aromatic nitrogens is 3. The molecule has 0 aromatic carbocycles. The maximum absolute atomic E-state index is 5.52. The van der Waals surface area contributed by atoms with Crippen LogP contribution in [-0.4, -0.2) is 45.8 Å². The zero-order chi connectivity index (χ0) is 9.80. The largest absolute Gasteiger partial charge is 0.329 e. The van der Waals surface area contributed by atoms with Crippen molar-refractivity contribution in [1.82, 2.24) is 19.7 Å². The third-order valence-electron chi connectivity index (χ3n) is 2.81.